The molecule has 0 aromatic heterocycles. The smallest absolute Gasteiger partial charge is 0.0520 e. The van der Waals surface area contributed by atoms with E-state index >= 15 is 0 Å². The Morgan fingerprint density at radius 3 is 3.00 bits per heavy atom. The highest BCUT2D eigenvalue weighted by Crippen LogP contribution is 2.22. The van der Waals surface area contributed by atoms with E-state index in [1.54, 1.807) is 0 Å². The molecule has 0 saturated heterocycles. The highest BCUT2D eigenvalue weighted by molar-refractivity contribution is 6.30. The van der Waals surface area contributed by atoms with Gasteiger partial charge >= 0.3 is 0 Å². The van der Waals surface area contributed by atoms with Gasteiger partial charge < -0.3 is 0 Å². The summed E-state index contributed by atoms with van der Waals surface area (Å²) in [6, 6.07) is 0. The summed E-state index contributed by atoms with van der Waals surface area (Å²) in [6.45, 7) is 4.07. The fourth-order valence-corrected chi connectivity index (χ4v) is 1.17. The summed E-state index contributed by atoms with van der Waals surface area (Å²) in [6.07, 6.45) is 5.78. The number of rotatable bonds is 1. The van der Waals surface area contributed by atoms with Crippen molar-refractivity contribution in [3.05, 3.63) is 22.4 Å². The van der Waals surface area contributed by atoms with Crippen LogP contribution in [-0.4, -0.2) is 6.21 Å². The molecule has 11 heavy (non-hydrogen) atoms. The van der Waals surface area contributed by atoms with Crippen molar-refractivity contribution in [2.75, 3.05) is 0 Å². The molecule has 0 spiro atoms. The SMILES string of the molecule is CCC1=CC=NC(C)=C(Cl)C1. The first-order valence-electron chi connectivity index (χ1n) is 3.81. The van der Waals surface area contributed by atoms with Crippen molar-refractivity contribution in [1.29, 1.82) is 0 Å². The third-order valence-electron chi connectivity index (χ3n) is 1.81. The first-order valence-corrected chi connectivity index (χ1v) is 4.19. The Labute approximate surface area is 72.5 Å². The molecule has 2 heteroatoms. The normalized spacial score (nSPS) is 18.3. The third-order valence-corrected chi connectivity index (χ3v) is 2.21. The van der Waals surface area contributed by atoms with Crippen molar-refractivity contribution in [3.8, 4) is 0 Å². The molecule has 1 heterocycles. The standard InChI is InChI=1S/C9H12ClN/c1-3-8-4-5-11-7(2)9(10)6-8/h4-5H,3,6H2,1-2H3. The Bertz CT molecular complexity index is 236. The molecule has 0 saturated carbocycles. The zero-order valence-corrected chi connectivity index (χ0v) is 7.65. The van der Waals surface area contributed by atoms with Gasteiger partial charge in [0.1, 0.15) is 0 Å². The predicted molar refractivity (Wildman–Crippen MR) is 50.0 cm³/mol. The highest BCUT2D eigenvalue weighted by Gasteiger charge is 2.03. The van der Waals surface area contributed by atoms with E-state index in [9.17, 15) is 0 Å². The molecule has 1 nitrogen and oxygen atoms in total. The summed E-state index contributed by atoms with van der Waals surface area (Å²) < 4.78 is 0. The van der Waals surface area contributed by atoms with Crippen LogP contribution in [0.4, 0.5) is 0 Å². The fourth-order valence-electron chi connectivity index (χ4n) is 0.954. The zero-order chi connectivity index (χ0) is 8.27. The molecular weight excluding hydrogens is 158 g/mol. The van der Waals surface area contributed by atoms with Crippen LogP contribution in [0.1, 0.15) is 26.7 Å². The maximum Gasteiger partial charge on any atom is 0.0520 e. The lowest BCUT2D eigenvalue weighted by atomic mass is 10.1. The zero-order valence-electron chi connectivity index (χ0n) is 6.89. The molecule has 0 bridgehead atoms. The molecule has 0 radical (unpaired) electrons. The van der Waals surface area contributed by atoms with Crippen LogP contribution in [0.5, 0.6) is 0 Å². The topological polar surface area (TPSA) is 12.4 Å². The van der Waals surface area contributed by atoms with Gasteiger partial charge in [0.25, 0.3) is 0 Å². The quantitative estimate of drug-likeness (QED) is 0.572. The van der Waals surface area contributed by atoms with E-state index in [1.165, 1.54) is 5.57 Å². The van der Waals surface area contributed by atoms with Crippen molar-refractivity contribution in [1.82, 2.24) is 0 Å². The van der Waals surface area contributed by atoms with Crippen LogP contribution in [0.15, 0.2) is 27.4 Å². The van der Waals surface area contributed by atoms with Crippen molar-refractivity contribution < 1.29 is 0 Å². The lowest BCUT2D eigenvalue weighted by Crippen LogP contribution is -1.81. The minimum absolute atomic E-state index is 0.865. The molecule has 0 fully saturated rings. The minimum atomic E-state index is 0.865. The minimum Gasteiger partial charge on any atom is -0.260 e. The fraction of sp³-hybridized carbons (Fsp3) is 0.444. The molecule has 1 rings (SSSR count). The van der Waals surface area contributed by atoms with E-state index in [-0.39, 0.29) is 0 Å². The van der Waals surface area contributed by atoms with E-state index in [1.807, 2.05) is 19.2 Å². The second-order valence-corrected chi connectivity index (χ2v) is 3.08. The number of hydrogen-bond acceptors (Lipinski definition) is 1. The summed E-state index contributed by atoms with van der Waals surface area (Å²) >= 11 is 5.97. The second-order valence-electron chi connectivity index (χ2n) is 2.62. The van der Waals surface area contributed by atoms with Crippen molar-refractivity contribution in [3.63, 3.8) is 0 Å². The van der Waals surface area contributed by atoms with Gasteiger partial charge in [0.05, 0.1) is 5.70 Å². The number of aliphatic imine (C=N–C) groups is 1. The third kappa shape index (κ3) is 2.19. The van der Waals surface area contributed by atoms with Crippen molar-refractivity contribution in [2.24, 2.45) is 4.99 Å². The van der Waals surface area contributed by atoms with E-state index < -0.39 is 0 Å². The monoisotopic (exact) mass is 169 g/mol. The Hall–Kier alpha value is -0.560. The summed E-state index contributed by atoms with van der Waals surface area (Å²) in [5, 5.41) is 0.867. The van der Waals surface area contributed by atoms with Gasteiger partial charge in [0.2, 0.25) is 0 Å². The first kappa shape index (κ1) is 8.54. The van der Waals surface area contributed by atoms with Gasteiger partial charge in [-0.05, 0) is 19.4 Å². The van der Waals surface area contributed by atoms with Crippen LogP contribution in [0.3, 0.4) is 0 Å². The summed E-state index contributed by atoms with van der Waals surface area (Å²) in [7, 11) is 0. The molecule has 0 atom stereocenters. The number of allylic oxidation sites excluding steroid dienone is 4. The maximum absolute atomic E-state index is 5.97. The van der Waals surface area contributed by atoms with Gasteiger partial charge in [0.15, 0.2) is 0 Å². The summed E-state index contributed by atoms with van der Waals surface area (Å²) in [4.78, 5) is 4.15. The highest BCUT2D eigenvalue weighted by atomic mass is 35.5. The molecule has 1 aliphatic rings. The first-order chi connectivity index (χ1) is 5.24. The largest absolute Gasteiger partial charge is 0.260 e. The van der Waals surface area contributed by atoms with Crippen LogP contribution in [0.2, 0.25) is 0 Å². The van der Waals surface area contributed by atoms with Gasteiger partial charge in [-0.2, -0.15) is 0 Å². The molecule has 0 amide bonds. The van der Waals surface area contributed by atoms with Gasteiger partial charge in [-0.3, -0.25) is 4.99 Å². The Morgan fingerprint density at radius 2 is 2.36 bits per heavy atom. The Kier molecular flexibility index (Phi) is 2.89. The van der Waals surface area contributed by atoms with Crippen LogP contribution in [0, 0.1) is 0 Å². The number of halogens is 1. The van der Waals surface area contributed by atoms with Crippen LogP contribution in [0.25, 0.3) is 0 Å². The lowest BCUT2D eigenvalue weighted by molar-refractivity contribution is 1.02. The van der Waals surface area contributed by atoms with Crippen molar-refractivity contribution in [2.45, 2.75) is 26.7 Å². The van der Waals surface area contributed by atoms with Gasteiger partial charge in [-0.1, -0.05) is 24.1 Å². The average molecular weight is 170 g/mol. The van der Waals surface area contributed by atoms with Crippen molar-refractivity contribution >= 4 is 17.8 Å². The van der Waals surface area contributed by atoms with Gasteiger partial charge in [0, 0.05) is 17.7 Å². The summed E-state index contributed by atoms with van der Waals surface area (Å²) in [5.74, 6) is 0. The van der Waals surface area contributed by atoms with Crippen LogP contribution in [-0.2, 0) is 0 Å². The summed E-state index contributed by atoms with van der Waals surface area (Å²) in [5.41, 5.74) is 2.28. The lowest BCUT2D eigenvalue weighted by Gasteiger charge is -2.00. The average Bonchev–Trinajstić information content (AvgIpc) is 2.15. The Balaban J connectivity index is 2.84. The van der Waals surface area contributed by atoms with E-state index in [2.05, 4.69) is 11.9 Å². The van der Waals surface area contributed by atoms with Gasteiger partial charge in [-0.25, -0.2) is 0 Å². The second kappa shape index (κ2) is 3.72. The molecule has 1 aliphatic heterocycles. The molecule has 0 aliphatic carbocycles. The van der Waals surface area contributed by atoms with E-state index in [0.717, 1.165) is 23.6 Å². The van der Waals surface area contributed by atoms with E-state index in [4.69, 9.17) is 11.6 Å². The number of nitrogens with zero attached hydrogens (tertiary/aromatic N) is 1. The Morgan fingerprint density at radius 1 is 1.64 bits per heavy atom. The van der Waals surface area contributed by atoms with Crippen LogP contribution >= 0.6 is 11.6 Å². The molecule has 0 N–H and O–H groups in total. The molecule has 0 unspecified atom stereocenters. The predicted octanol–water partition coefficient (Wildman–Crippen LogP) is 3.27. The van der Waals surface area contributed by atoms with E-state index in [0.29, 0.717) is 0 Å². The molecule has 0 aromatic rings. The molecule has 60 valence electrons. The number of hydrogen-bond donors (Lipinski definition) is 0. The molecule has 0 aromatic carbocycles. The van der Waals surface area contributed by atoms with Gasteiger partial charge in [-0.15, -0.1) is 0 Å². The molecular formula is C9H12ClN. The van der Waals surface area contributed by atoms with Crippen LogP contribution < -0.4 is 0 Å². The maximum atomic E-state index is 5.97.